The van der Waals surface area contributed by atoms with Gasteiger partial charge in [0.25, 0.3) is 0 Å². The number of esters is 1. The zero-order valence-corrected chi connectivity index (χ0v) is 8.82. The van der Waals surface area contributed by atoms with Crippen molar-refractivity contribution in [1.29, 1.82) is 0 Å². The second-order valence-electron chi connectivity index (χ2n) is 3.25. The topological polar surface area (TPSA) is 44.8 Å². The van der Waals surface area contributed by atoms with Crippen molar-refractivity contribution in [3.05, 3.63) is 0 Å². The third kappa shape index (κ3) is 3.27. The minimum atomic E-state index is -0.420. The molecule has 0 saturated carbocycles. The lowest BCUT2D eigenvalue weighted by Gasteiger charge is -2.12. The summed E-state index contributed by atoms with van der Waals surface area (Å²) in [6.45, 7) is 4.91. The monoisotopic (exact) mass is 202 g/mol. The molecule has 2 unspecified atom stereocenters. The maximum absolute atomic E-state index is 11.3. The fourth-order valence-corrected chi connectivity index (χ4v) is 1.39. The first-order chi connectivity index (χ1) is 6.77. The van der Waals surface area contributed by atoms with Gasteiger partial charge in [-0.05, 0) is 19.8 Å². The highest BCUT2D eigenvalue weighted by Crippen LogP contribution is 2.21. The Morgan fingerprint density at radius 2 is 2.21 bits per heavy atom. The largest absolute Gasteiger partial charge is 0.464 e. The van der Waals surface area contributed by atoms with Gasteiger partial charge in [-0.3, -0.25) is 0 Å². The lowest BCUT2D eigenvalue weighted by atomic mass is 10.2. The van der Waals surface area contributed by atoms with Crippen molar-refractivity contribution < 1.29 is 19.0 Å². The fourth-order valence-electron chi connectivity index (χ4n) is 1.39. The Bertz CT molecular complexity index is 181. The zero-order chi connectivity index (χ0) is 10.4. The number of ether oxygens (including phenoxy) is 3. The second-order valence-corrected chi connectivity index (χ2v) is 3.25. The van der Waals surface area contributed by atoms with Crippen LogP contribution in [0.3, 0.4) is 0 Å². The Kier molecular flexibility index (Phi) is 4.90. The van der Waals surface area contributed by atoms with Crippen molar-refractivity contribution in [2.75, 3.05) is 13.2 Å². The van der Waals surface area contributed by atoms with Crippen molar-refractivity contribution >= 4 is 5.97 Å². The SMILES string of the molecule is CCCOC1CCC(C(=O)OCC)O1. The van der Waals surface area contributed by atoms with Crippen LogP contribution in [0.4, 0.5) is 0 Å². The number of hydrogen-bond acceptors (Lipinski definition) is 4. The maximum atomic E-state index is 11.3. The van der Waals surface area contributed by atoms with Crippen LogP contribution < -0.4 is 0 Å². The molecule has 0 spiro atoms. The van der Waals surface area contributed by atoms with Gasteiger partial charge in [-0.15, -0.1) is 0 Å². The van der Waals surface area contributed by atoms with E-state index >= 15 is 0 Å². The average Bonchev–Trinajstić information content (AvgIpc) is 2.63. The summed E-state index contributed by atoms with van der Waals surface area (Å²) in [5, 5.41) is 0. The highest BCUT2D eigenvalue weighted by molar-refractivity contribution is 5.74. The summed E-state index contributed by atoms with van der Waals surface area (Å²) < 4.78 is 15.6. The predicted octanol–water partition coefficient (Wildman–Crippen LogP) is 1.48. The maximum Gasteiger partial charge on any atom is 0.335 e. The van der Waals surface area contributed by atoms with Crippen molar-refractivity contribution in [3.8, 4) is 0 Å². The van der Waals surface area contributed by atoms with Crippen molar-refractivity contribution in [2.24, 2.45) is 0 Å². The quantitative estimate of drug-likeness (QED) is 0.633. The van der Waals surface area contributed by atoms with Crippen molar-refractivity contribution in [3.63, 3.8) is 0 Å². The van der Waals surface area contributed by atoms with Gasteiger partial charge >= 0.3 is 5.97 Å². The Morgan fingerprint density at radius 1 is 1.43 bits per heavy atom. The lowest BCUT2D eigenvalue weighted by Crippen LogP contribution is -2.24. The lowest BCUT2D eigenvalue weighted by molar-refractivity contribution is -0.172. The number of carbonyl (C=O) groups excluding carboxylic acids is 1. The average molecular weight is 202 g/mol. The van der Waals surface area contributed by atoms with E-state index in [4.69, 9.17) is 14.2 Å². The van der Waals surface area contributed by atoms with Crippen LogP contribution in [0, 0.1) is 0 Å². The van der Waals surface area contributed by atoms with E-state index in [2.05, 4.69) is 0 Å². The van der Waals surface area contributed by atoms with E-state index in [0.717, 1.165) is 12.8 Å². The van der Waals surface area contributed by atoms with Gasteiger partial charge < -0.3 is 14.2 Å². The third-order valence-corrected chi connectivity index (χ3v) is 2.04. The Balaban J connectivity index is 2.22. The van der Waals surface area contributed by atoms with Gasteiger partial charge in [-0.1, -0.05) is 6.92 Å². The summed E-state index contributed by atoms with van der Waals surface area (Å²) in [4.78, 5) is 11.3. The molecule has 0 amide bonds. The summed E-state index contributed by atoms with van der Waals surface area (Å²) >= 11 is 0. The van der Waals surface area contributed by atoms with Crippen LogP contribution in [0.2, 0.25) is 0 Å². The van der Waals surface area contributed by atoms with Crippen LogP contribution in [-0.2, 0) is 19.0 Å². The number of rotatable bonds is 5. The van der Waals surface area contributed by atoms with Crippen LogP contribution in [0.1, 0.15) is 33.1 Å². The molecule has 0 aromatic carbocycles. The van der Waals surface area contributed by atoms with E-state index < -0.39 is 6.10 Å². The molecule has 0 aliphatic carbocycles. The summed E-state index contributed by atoms with van der Waals surface area (Å²) in [6.07, 6.45) is 1.81. The third-order valence-electron chi connectivity index (χ3n) is 2.04. The van der Waals surface area contributed by atoms with Crippen molar-refractivity contribution in [2.45, 2.75) is 45.5 Å². The molecule has 2 atom stereocenters. The molecule has 82 valence electrons. The highest BCUT2D eigenvalue weighted by atomic mass is 16.7. The van der Waals surface area contributed by atoms with Crippen molar-refractivity contribution in [1.82, 2.24) is 0 Å². The van der Waals surface area contributed by atoms with Crippen LogP contribution in [0.5, 0.6) is 0 Å². The molecule has 0 N–H and O–H groups in total. The number of hydrogen-bond donors (Lipinski definition) is 0. The highest BCUT2D eigenvalue weighted by Gasteiger charge is 2.31. The summed E-state index contributed by atoms with van der Waals surface area (Å²) in [5.74, 6) is -0.268. The molecular weight excluding hydrogens is 184 g/mol. The van der Waals surface area contributed by atoms with Gasteiger partial charge in [0, 0.05) is 13.0 Å². The second kappa shape index (κ2) is 5.98. The minimum absolute atomic E-state index is 0.218. The predicted molar refractivity (Wildman–Crippen MR) is 50.8 cm³/mol. The molecule has 1 saturated heterocycles. The molecule has 1 fully saturated rings. The zero-order valence-electron chi connectivity index (χ0n) is 8.82. The molecule has 4 heteroatoms. The molecular formula is C10H18O4. The molecule has 0 aromatic rings. The van der Waals surface area contributed by atoms with Crippen LogP contribution >= 0.6 is 0 Å². The van der Waals surface area contributed by atoms with Crippen LogP contribution in [0.25, 0.3) is 0 Å². The van der Waals surface area contributed by atoms with E-state index in [9.17, 15) is 4.79 Å². The molecule has 1 heterocycles. The number of carbonyl (C=O) groups is 1. The van der Waals surface area contributed by atoms with E-state index in [1.165, 1.54) is 0 Å². The summed E-state index contributed by atoms with van der Waals surface area (Å²) in [5.41, 5.74) is 0. The summed E-state index contributed by atoms with van der Waals surface area (Å²) in [6, 6.07) is 0. The van der Waals surface area contributed by atoms with E-state index in [1.807, 2.05) is 6.92 Å². The molecule has 0 aromatic heterocycles. The van der Waals surface area contributed by atoms with Crippen LogP contribution in [-0.4, -0.2) is 31.6 Å². The minimum Gasteiger partial charge on any atom is -0.464 e. The van der Waals surface area contributed by atoms with Gasteiger partial charge in [0.05, 0.1) is 6.61 Å². The standard InChI is InChI=1S/C10H18O4/c1-3-7-13-9-6-5-8(14-9)10(11)12-4-2/h8-9H,3-7H2,1-2H3. The Morgan fingerprint density at radius 3 is 2.86 bits per heavy atom. The molecule has 14 heavy (non-hydrogen) atoms. The first-order valence-electron chi connectivity index (χ1n) is 5.21. The van der Waals surface area contributed by atoms with E-state index in [0.29, 0.717) is 19.6 Å². The van der Waals surface area contributed by atoms with Gasteiger partial charge in [-0.25, -0.2) is 4.79 Å². The van der Waals surface area contributed by atoms with Gasteiger partial charge in [0.15, 0.2) is 12.4 Å². The first-order valence-corrected chi connectivity index (χ1v) is 5.21. The molecule has 1 aliphatic heterocycles. The molecule has 1 aliphatic rings. The Hall–Kier alpha value is -0.610. The smallest absolute Gasteiger partial charge is 0.335 e. The van der Waals surface area contributed by atoms with E-state index in [-0.39, 0.29) is 12.3 Å². The van der Waals surface area contributed by atoms with Crippen LogP contribution in [0.15, 0.2) is 0 Å². The molecule has 0 bridgehead atoms. The van der Waals surface area contributed by atoms with E-state index in [1.54, 1.807) is 6.92 Å². The molecule has 4 nitrogen and oxygen atoms in total. The molecule has 1 rings (SSSR count). The molecule has 0 radical (unpaired) electrons. The van der Waals surface area contributed by atoms with Gasteiger partial charge in [0.2, 0.25) is 0 Å². The first kappa shape index (κ1) is 11.5. The normalized spacial score (nSPS) is 26.4. The Labute approximate surface area is 84.5 Å². The van der Waals surface area contributed by atoms with Gasteiger partial charge in [-0.2, -0.15) is 0 Å². The summed E-state index contributed by atoms with van der Waals surface area (Å²) in [7, 11) is 0. The fraction of sp³-hybridized carbons (Fsp3) is 0.900. The van der Waals surface area contributed by atoms with Gasteiger partial charge in [0.1, 0.15) is 0 Å².